The van der Waals surface area contributed by atoms with Crippen LogP contribution in [-0.4, -0.2) is 53.5 Å². The summed E-state index contributed by atoms with van der Waals surface area (Å²) in [6.07, 6.45) is -4.04. The molecule has 1 aliphatic heterocycles. The minimum Gasteiger partial charge on any atom is -0.444 e. The number of ether oxygens (including phenoxy) is 1. The van der Waals surface area contributed by atoms with E-state index >= 15 is 0 Å². The molecule has 0 radical (unpaired) electrons. The van der Waals surface area contributed by atoms with Crippen LogP contribution in [-0.2, 0) is 4.74 Å². The van der Waals surface area contributed by atoms with Gasteiger partial charge in [-0.1, -0.05) is 35.9 Å². The van der Waals surface area contributed by atoms with Crippen LogP contribution >= 0.6 is 11.6 Å². The van der Waals surface area contributed by atoms with Gasteiger partial charge in [0.15, 0.2) is 0 Å². The number of benzene rings is 2. The molecule has 1 heterocycles. The van der Waals surface area contributed by atoms with E-state index in [-0.39, 0.29) is 17.6 Å². The van der Waals surface area contributed by atoms with Crippen LogP contribution < -0.4 is 10.6 Å². The van der Waals surface area contributed by atoms with Gasteiger partial charge in [0.25, 0.3) is 5.91 Å². The molecule has 198 valence electrons. The number of halogens is 4. The molecule has 7 nitrogen and oxygen atoms in total. The number of hydrogen-bond donors (Lipinski definition) is 3. The minimum atomic E-state index is -4.83. The van der Waals surface area contributed by atoms with Crippen molar-refractivity contribution in [2.45, 2.75) is 45.0 Å². The number of likely N-dealkylation sites (tertiary alicyclic amines) is 1. The first kappa shape index (κ1) is 28.0. The molecule has 3 N–H and O–H groups in total. The van der Waals surface area contributed by atoms with Gasteiger partial charge in [0.2, 0.25) is 0 Å². The van der Waals surface area contributed by atoms with Crippen molar-refractivity contribution < 1.29 is 27.5 Å². The lowest BCUT2D eigenvalue weighted by molar-refractivity contribution is -0.0584. The molecule has 1 fully saturated rings. The second kappa shape index (κ2) is 11.2. The van der Waals surface area contributed by atoms with Crippen LogP contribution in [0.25, 0.3) is 5.70 Å². The molecule has 11 heteroatoms. The van der Waals surface area contributed by atoms with Gasteiger partial charge in [0, 0.05) is 30.4 Å². The Morgan fingerprint density at radius 3 is 2.30 bits per heavy atom. The van der Waals surface area contributed by atoms with Crippen molar-refractivity contribution >= 4 is 40.7 Å². The molecule has 0 aromatic heterocycles. The molecule has 3 rings (SSSR count). The largest absolute Gasteiger partial charge is 0.444 e. The van der Waals surface area contributed by atoms with Gasteiger partial charge in [-0.2, -0.15) is 13.2 Å². The van der Waals surface area contributed by atoms with Crippen LogP contribution in [0.5, 0.6) is 0 Å². The summed E-state index contributed by atoms with van der Waals surface area (Å²) in [6.45, 7) is 6.10. The monoisotopic (exact) mass is 536 g/mol. The van der Waals surface area contributed by atoms with E-state index in [0.29, 0.717) is 47.4 Å². The lowest BCUT2D eigenvalue weighted by Gasteiger charge is -2.24. The zero-order valence-electron chi connectivity index (χ0n) is 20.6. The Bertz CT molecular complexity index is 1190. The number of anilines is 1. The summed E-state index contributed by atoms with van der Waals surface area (Å²) < 4.78 is 44.5. The van der Waals surface area contributed by atoms with E-state index < -0.39 is 23.6 Å². The van der Waals surface area contributed by atoms with Crippen molar-refractivity contribution in [1.82, 2.24) is 10.2 Å². The number of nitrogens with zero attached hydrogens (tertiary/aromatic N) is 1. The normalized spacial score (nSPS) is 16.4. The fourth-order valence-corrected chi connectivity index (χ4v) is 3.75. The SMILES string of the molecule is CC(C)(C)OC(=O)N1CCC(NC(=O)c2ccc(/C(=C/C(=N)C(F)(F)F)Nc3ccccc3Cl)cc2)C1. The predicted molar refractivity (Wildman–Crippen MR) is 137 cm³/mol. The maximum absolute atomic E-state index is 13.1. The lowest BCUT2D eigenvalue weighted by Crippen LogP contribution is -2.40. The second-order valence-electron chi connectivity index (χ2n) is 9.54. The molecule has 1 aliphatic rings. The minimum absolute atomic E-state index is 0.00817. The van der Waals surface area contributed by atoms with Crippen LogP contribution in [0.4, 0.5) is 23.7 Å². The molecular weight excluding hydrogens is 509 g/mol. The molecule has 0 spiro atoms. The van der Waals surface area contributed by atoms with Crippen LogP contribution in [0.1, 0.15) is 43.1 Å². The number of alkyl halides is 3. The third-order valence-electron chi connectivity index (χ3n) is 5.37. The highest BCUT2D eigenvalue weighted by Gasteiger charge is 2.33. The number of nitrogens with one attached hydrogen (secondary N) is 3. The molecule has 1 atom stereocenters. The third kappa shape index (κ3) is 7.98. The average Bonchev–Trinajstić information content (AvgIpc) is 3.27. The van der Waals surface area contributed by atoms with Gasteiger partial charge in [-0.3, -0.25) is 10.2 Å². The quantitative estimate of drug-likeness (QED) is 0.388. The number of allylic oxidation sites excluding steroid dienone is 1. The highest BCUT2D eigenvalue weighted by atomic mass is 35.5. The maximum atomic E-state index is 13.1. The summed E-state index contributed by atoms with van der Waals surface area (Å²) in [5.41, 5.74) is -1.19. The standard InChI is InChI=1S/C26H28ClF3N4O3/c1-25(2,3)37-24(36)34-13-12-18(15-34)32-23(35)17-10-8-16(9-11-17)21(14-22(31)26(28,29)30)33-20-7-5-4-6-19(20)27/h4-11,14,18,31,33H,12-13,15H2,1-3H3,(H,32,35)/b21-14-,31-22?. The lowest BCUT2D eigenvalue weighted by atomic mass is 10.1. The average molecular weight is 537 g/mol. The van der Waals surface area contributed by atoms with Gasteiger partial charge in [-0.05, 0) is 63.1 Å². The third-order valence-corrected chi connectivity index (χ3v) is 5.70. The molecule has 0 saturated carbocycles. The van der Waals surface area contributed by atoms with Gasteiger partial charge in [0.1, 0.15) is 11.3 Å². The molecule has 2 amide bonds. The Morgan fingerprint density at radius 2 is 1.70 bits per heavy atom. The first-order valence-electron chi connectivity index (χ1n) is 11.5. The molecule has 2 aromatic carbocycles. The molecule has 2 aromatic rings. The Hall–Kier alpha value is -3.53. The van der Waals surface area contributed by atoms with Crippen LogP contribution in [0.15, 0.2) is 54.6 Å². The number of hydrogen-bond acceptors (Lipinski definition) is 5. The van der Waals surface area contributed by atoms with Crippen molar-refractivity contribution in [3.05, 3.63) is 70.8 Å². The number of rotatable bonds is 6. The van der Waals surface area contributed by atoms with Crippen molar-refractivity contribution in [3.8, 4) is 0 Å². The number of amides is 2. The van der Waals surface area contributed by atoms with E-state index in [9.17, 15) is 22.8 Å². The van der Waals surface area contributed by atoms with Gasteiger partial charge in [0.05, 0.1) is 10.7 Å². The summed E-state index contributed by atoms with van der Waals surface area (Å²) in [5.74, 6) is -0.379. The predicted octanol–water partition coefficient (Wildman–Crippen LogP) is 6.11. The van der Waals surface area contributed by atoms with Crippen molar-refractivity contribution in [3.63, 3.8) is 0 Å². The van der Waals surface area contributed by atoms with Gasteiger partial charge in [-0.15, -0.1) is 0 Å². The second-order valence-corrected chi connectivity index (χ2v) is 9.94. The summed E-state index contributed by atoms with van der Waals surface area (Å²) in [4.78, 5) is 26.5. The van der Waals surface area contributed by atoms with Crippen LogP contribution in [0, 0.1) is 5.41 Å². The van der Waals surface area contributed by atoms with E-state index in [4.69, 9.17) is 21.7 Å². The fraction of sp³-hybridized carbons (Fsp3) is 0.346. The Morgan fingerprint density at radius 1 is 1.08 bits per heavy atom. The highest BCUT2D eigenvalue weighted by molar-refractivity contribution is 6.33. The summed E-state index contributed by atoms with van der Waals surface area (Å²) in [5, 5.41) is 13.4. The van der Waals surface area contributed by atoms with E-state index in [1.165, 1.54) is 29.2 Å². The van der Waals surface area contributed by atoms with E-state index in [1.807, 2.05) is 0 Å². The Labute approximate surface area is 218 Å². The number of carbonyl (C=O) groups is 2. The molecule has 1 unspecified atom stereocenters. The molecule has 1 saturated heterocycles. The topological polar surface area (TPSA) is 94.5 Å². The first-order valence-corrected chi connectivity index (χ1v) is 11.9. The van der Waals surface area contributed by atoms with E-state index in [1.54, 1.807) is 45.0 Å². The highest BCUT2D eigenvalue weighted by Crippen LogP contribution is 2.27. The van der Waals surface area contributed by atoms with Gasteiger partial charge >= 0.3 is 12.3 Å². The molecular formula is C26H28ClF3N4O3. The van der Waals surface area contributed by atoms with E-state index in [2.05, 4.69) is 10.6 Å². The zero-order chi connectivity index (χ0) is 27.4. The molecule has 0 bridgehead atoms. The zero-order valence-corrected chi connectivity index (χ0v) is 21.3. The Balaban J connectivity index is 1.72. The maximum Gasteiger partial charge on any atom is 0.432 e. The van der Waals surface area contributed by atoms with Crippen LogP contribution in [0.2, 0.25) is 5.02 Å². The van der Waals surface area contributed by atoms with Crippen molar-refractivity contribution in [2.75, 3.05) is 18.4 Å². The van der Waals surface area contributed by atoms with Crippen molar-refractivity contribution in [1.29, 1.82) is 5.41 Å². The number of para-hydroxylation sites is 1. The summed E-state index contributed by atoms with van der Waals surface area (Å²) >= 11 is 6.14. The van der Waals surface area contributed by atoms with Gasteiger partial charge < -0.3 is 20.3 Å². The Kier molecular flexibility index (Phi) is 8.53. The smallest absolute Gasteiger partial charge is 0.432 e. The first-order chi connectivity index (χ1) is 17.2. The fourth-order valence-electron chi connectivity index (χ4n) is 3.57. The number of carbonyl (C=O) groups excluding carboxylic acids is 2. The molecule has 37 heavy (non-hydrogen) atoms. The van der Waals surface area contributed by atoms with E-state index in [0.717, 1.165) is 0 Å². The summed E-state index contributed by atoms with van der Waals surface area (Å²) in [7, 11) is 0. The summed E-state index contributed by atoms with van der Waals surface area (Å²) in [6, 6.07) is 12.2. The van der Waals surface area contributed by atoms with Crippen molar-refractivity contribution in [2.24, 2.45) is 0 Å². The van der Waals surface area contributed by atoms with Crippen LogP contribution in [0.3, 0.4) is 0 Å². The molecule has 0 aliphatic carbocycles. The van der Waals surface area contributed by atoms with Gasteiger partial charge in [-0.25, -0.2) is 4.79 Å².